The van der Waals surface area contributed by atoms with Crippen LogP contribution in [0.4, 0.5) is 16.0 Å². The second-order valence-electron chi connectivity index (χ2n) is 9.22. The van der Waals surface area contributed by atoms with Crippen LogP contribution in [0.2, 0.25) is 5.02 Å². The molecule has 1 amide bonds. The van der Waals surface area contributed by atoms with Crippen molar-refractivity contribution in [3.05, 3.63) is 41.1 Å². The Labute approximate surface area is 202 Å². The van der Waals surface area contributed by atoms with Crippen molar-refractivity contribution in [3.8, 4) is 0 Å². The maximum Gasteiger partial charge on any atom is 0.220 e. The highest BCUT2D eigenvalue weighted by Crippen LogP contribution is 2.37. The van der Waals surface area contributed by atoms with Crippen molar-refractivity contribution in [1.29, 1.82) is 0 Å². The van der Waals surface area contributed by atoms with Crippen LogP contribution in [0.3, 0.4) is 0 Å². The fourth-order valence-corrected chi connectivity index (χ4v) is 5.16. The van der Waals surface area contributed by atoms with Crippen LogP contribution < -0.4 is 11.1 Å². The Hall–Kier alpha value is -2.78. The summed E-state index contributed by atoms with van der Waals surface area (Å²) in [5, 5.41) is 3.46. The van der Waals surface area contributed by atoms with Gasteiger partial charge in [0.15, 0.2) is 5.65 Å². The van der Waals surface area contributed by atoms with Crippen molar-refractivity contribution in [1.82, 2.24) is 19.5 Å². The van der Waals surface area contributed by atoms with E-state index in [-0.39, 0.29) is 23.6 Å². The molecular formula is C24H28ClFN6O2. The molecule has 1 saturated heterocycles. The molecule has 1 saturated carbocycles. The van der Waals surface area contributed by atoms with E-state index < -0.39 is 5.82 Å². The number of nitrogens with two attached hydrogens (primary N) is 1. The Kier molecular flexibility index (Phi) is 6.65. The first-order chi connectivity index (χ1) is 16.5. The van der Waals surface area contributed by atoms with Gasteiger partial charge in [0.1, 0.15) is 17.2 Å². The molecule has 0 bridgehead atoms. The molecule has 2 fully saturated rings. The molecule has 3 N–H and O–H groups in total. The number of amides is 1. The second kappa shape index (κ2) is 9.84. The van der Waals surface area contributed by atoms with E-state index >= 15 is 0 Å². The van der Waals surface area contributed by atoms with Crippen molar-refractivity contribution in [2.45, 2.75) is 51.0 Å². The van der Waals surface area contributed by atoms with E-state index in [9.17, 15) is 9.18 Å². The number of fused-ring (bicyclic) bond motifs is 1. The van der Waals surface area contributed by atoms with Gasteiger partial charge in [0, 0.05) is 36.6 Å². The molecule has 2 aliphatic rings. The highest BCUT2D eigenvalue weighted by Gasteiger charge is 2.29. The summed E-state index contributed by atoms with van der Waals surface area (Å²) in [6, 6.07) is 4.54. The van der Waals surface area contributed by atoms with E-state index in [0.717, 1.165) is 56.8 Å². The van der Waals surface area contributed by atoms with Crippen LogP contribution in [-0.4, -0.2) is 38.6 Å². The van der Waals surface area contributed by atoms with Gasteiger partial charge in [-0.15, -0.1) is 0 Å². The molecule has 0 spiro atoms. The first-order valence-electron chi connectivity index (χ1n) is 11.8. The highest BCUT2D eigenvalue weighted by atomic mass is 35.5. The summed E-state index contributed by atoms with van der Waals surface area (Å²) in [5.41, 5.74) is 7.18. The molecule has 5 rings (SSSR count). The summed E-state index contributed by atoms with van der Waals surface area (Å²) in [6.07, 6.45) is 7.45. The van der Waals surface area contributed by atoms with Gasteiger partial charge in [-0.1, -0.05) is 11.6 Å². The van der Waals surface area contributed by atoms with Gasteiger partial charge in [-0.3, -0.25) is 9.36 Å². The lowest BCUT2D eigenvalue weighted by Crippen LogP contribution is -2.28. The fraction of sp³-hybridized carbons (Fsp3) is 0.500. The number of nitrogens with zero attached hydrogens (tertiary/aromatic N) is 4. The summed E-state index contributed by atoms with van der Waals surface area (Å²) >= 11 is 5.92. The Morgan fingerprint density at radius 1 is 1.18 bits per heavy atom. The molecule has 1 aromatic carbocycles. The summed E-state index contributed by atoms with van der Waals surface area (Å²) in [7, 11) is 0. The second-order valence-corrected chi connectivity index (χ2v) is 9.65. The Bertz CT molecular complexity index is 1190. The number of halogens is 2. The number of nitrogens with one attached hydrogen (secondary N) is 1. The number of carbonyl (C=O) groups excluding carboxylic acids is 1. The van der Waals surface area contributed by atoms with E-state index in [0.29, 0.717) is 35.2 Å². The smallest absolute Gasteiger partial charge is 0.220 e. The number of carbonyl (C=O) groups is 1. The van der Waals surface area contributed by atoms with Crippen LogP contribution in [0.15, 0.2) is 24.4 Å². The minimum atomic E-state index is -0.463. The van der Waals surface area contributed by atoms with Crippen LogP contribution in [-0.2, 0) is 16.0 Å². The van der Waals surface area contributed by atoms with Gasteiger partial charge in [0.05, 0.1) is 11.9 Å². The van der Waals surface area contributed by atoms with E-state index in [1.54, 1.807) is 18.3 Å². The number of ether oxygens (including phenoxy) is 1. The average Bonchev–Trinajstić information content (AvgIpc) is 3.19. The standard InChI is InChI=1S/C24H28ClFN6O2/c25-16-3-6-19(18(26)12-16)29-24-30-20-13-28-21(11-14-7-9-34-10-8-14)31-23(20)32(24)17-4-1-15(2-5-17)22(27)33/h3,6,12-15,17H,1-2,4-5,7-11H2,(H2,27,33)(H,29,30). The molecule has 2 aromatic heterocycles. The Balaban J connectivity index is 1.50. The van der Waals surface area contributed by atoms with Crippen LogP contribution in [0.25, 0.3) is 11.2 Å². The summed E-state index contributed by atoms with van der Waals surface area (Å²) in [4.78, 5) is 25.8. The zero-order valence-corrected chi connectivity index (χ0v) is 19.6. The molecular weight excluding hydrogens is 459 g/mol. The summed E-state index contributed by atoms with van der Waals surface area (Å²) in [5.74, 6) is 0.933. The van der Waals surface area contributed by atoms with E-state index in [2.05, 4.69) is 10.3 Å². The zero-order chi connectivity index (χ0) is 23.7. The highest BCUT2D eigenvalue weighted by molar-refractivity contribution is 6.30. The normalized spacial score (nSPS) is 21.6. The number of anilines is 2. The quantitative estimate of drug-likeness (QED) is 0.529. The number of rotatable bonds is 6. The predicted octanol–water partition coefficient (Wildman–Crippen LogP) is 4.55. The number of hydrogen-bond donors (Lipinski definition) is 2. The lowest BCUT2D eigenvalue weighted by atomic mass is 9.85. The SMILES string of the molecule is NC(=O)C1CCC(n2c(Nc3ccc(Cl)cc3F)nc3cnc(CC4CCOCC4)nc32)CC1. The van der Waals surface area contributed by atoms with E-state index in [4.69, 9.17) is 32.0 Å². The summed E-state index contributed by atoms with van der Waals surface area (Å²) < 4.78 is 22.1. The van der Waals surface area contributed by atoms with Gasteiger partial charge < -0.3 is 15.8 Å². The molecule has 1 aliphatic heterocycles. The predicted molar refractivity (Wildman–Crippen MR) is 127 cm³/mol. The monoisotopic (exact) mass is 486 g/mol. The van der Waals surface area contributed by atoms with Gasteiger partial charge in [-0.05, 0) is 62.6 Å². The van der Waals surface area contributed by atoms with Crippen LogP contribution in [0.5, 0.6) is 0 Å². The van der Waals surface area contributed by atoms with E-state index in [1.807, 2.05) is 4.57 Å². The van der Waals surface area contributed by atoms with Gasteiger partial charge in [0.2, 0.25) is 11.9 Å². The minimum absolute atomic E-state index is 0.0595. The van der Waals surface area contributed by atoms with Crippen molar-refractivity contribution in [2.24, 2.45) is 17.6 Å². The molecule has 180 valence electrons. The van der Waals surface area contributed by atoms with Crippen molar-refractivity contribution >= 4 is 40.3 Å². The molecule has 3 aromatic rings. The topological polar surface area (TPSA) is 108 Å². The Morgan fingerprint density at radius 3 is 2.65 bits per heavy atom. The number of hydrogen-bond acceptors (Lipinski definition) is 6. The van der Waals surface area contributed by atoms with Gasteiger partial charge in [-0.25, -0.2) is 19.3 Å². The largest absolute Gasteiger partial charge is 0.381 e. The molecule has 8 nitrogen and oxygen atoms in total. The maximum absolute atomic E-state index is 14.6. The molecule has 0 radical (unpaired) electrons. The number of benzene rings is 1. The first kappa shape index (κ1) is 23.0. The van der Waals surface area contributed by atoms with Gasteiger partial charge in [-0.2, -0.15) is 0 Å². The molecule has 0 unspecified atom stereocenters. The number of primary amides is 1. The van der Waals surface area contributed by atoms with Crippen molar-refractivity contribution in [3.63, 3.8) is 0 Å². The average molecular weight is 487 g/mol. The van der Waals surface area contributed by atoms with Gasteiger partial charge >= 0.3 is 0 Å². The third-order valence-corrected chi connectivity index (χ3v) is 7.17. The third-order valence-electron chi connectivity index (χ3n) is 6.94. The van der Waals surface area contributed by atoms with Crippen molar-refractivity contribution < 1.29 is 13.9 Å². The lowest BCUT2D eigenvalue weighted by Gasteiger charge is -2.29. The Morgan fingerprint density at radius 2 is 1.94 bits per heavy atom. The fourth-order valence-electron chi connectivity index (χ4n) is 5.00. The molecule has 1 aliphatic carbocycles. The molecule has 10 heteroatoms. The van der Waals surface area contributed by atoms with Crippen LogP contribution >= 0.6 is 11.6 Å². The molecule has 0 atom stereocenters. The third kappa shape index (κ3) is 4.86. The van der Waals surface area contributed by atoms with Crippen LogP contribution in [0.1, 0.15) is 50.4 Å². The van der Waals surface area contributed by atoms with Gasteiger partial charge in [0.25, 0.3) is 0 Å². The zero-order valence-electron chi connectivity index (χ0n) is 18.8. The molecule has 3 heterocycles. The van der Waals surface area contributed by atoms with Crippen molar-refractivity contribution in [2.75, 3.05) is 18.5 Å². The maximum atomic E-state index is 14.6. The number of aromatic nitrogens is 4. The lowest BCUT2D eigenvalue weighted by molar-refractivity contribution is -0.122. The van der Waals surface area contributed by atoms with E-state index in [1.165, 1.54) is 6.07 Å². The van der Waals surface area contributed by atoms with Crippen LogP contribution in [0, 0.1) is 17.7 Å². The first-order valence-corrected chi connectivity index (χ1v) is 12.2. The summed E-state index contributed by atoms with van der Waals surface area (Å²) in [6.45, 7) is 1.54. The molecule has 34 heavy (non-hydrogen) atoms. The number of imidazole rings is 1. The minimum Gasteiger partial charge on any atom is -0.381 e.